The van der Waals surface area contributed by atoms with Crippen LogP contribution in [-0.2, 0) is 0 Å². The predicted molar refractivity (Wildman–Crippen MR) is 148 cm³/mol. The fraction of sp³-hybridized carbons (Fsp3) is 0.200. The molecule has 0 atom stereocenters. The molecule has 4 aromatic heterocycles. The Balaban J connectivity index is 1.31. The number of anilines is 1. The number of H-pyrrole nitrogens is 2. The van der Waals surface area contributed by atoms with E-state index < -0.39 is 0 Å². The summed E-state index contributed by atoms with van der Waals surface area (Å²) in [6.07, 6.45) is 7.61. The van der Waals surface area contributed by atoms with E-state index in [9.17, 15) is 4.39 Å². The average Bonchev–Trinajstić information content (AvgIpc) is 3.57. The highest BCUT2D eigenvalue weighted by Gasteiger charge is 2.19. The van der Waals surface area contributed by atoms with Gasteiger partial charge in [0, 0.05) is 54.1 Å². The molecule has 7 rings (SSSR count). The van der Waals surface area contributed by atoms with Gasteiger partial charge in [0.05, 0.1) is 16.4 Å². The van der Waals surface area contributed by atoms with Crippen LogP contribution in [0.1, 0.15) is 19.8 Å². The summed E-state index contributed by atoms with van der Waals surface area (Å²) in [5.41, 5.74) is 7.57. The highest BCUT2D eigenvalue weighted by atomic mass is 19.1. The molecule has 6 aromatic rings. The molecular weight excluding hydrogens is 477 g/mol. The Labute approximate surface area is 218 Å². The number of imidazole rings is 1. The molecule has 2 aromatic carbocycles. The second kappa shape index (κ2) is 9.06. The minimum Gasteiger partial charge on any atom is -0.371 e. The lowest BCUT2D eigenvalue weighted by atomic mass is 9.97. The van der Waals surface area contributed by atoms with Gasteiger partial charge in [-0.1, -0.05) is 25.1 Å². The van der Waals surface area contributed by atoms with Gasteiger partial charge >= 0.3 is 0 Å². The van der Waals surface area contributed by atoms with Gasteiger partial charge in [-0.15, -0.1) is 0 Å². The molecule has 0 saturated carbocycles. The van der Waals surface area contributed by atoms with Gasteiger partial charge in [0.15, 0.2) is 11.5 Å². The molecule has 2 N–H and O–H groups in total. The van der Waals surface area contributed by atoms with Crippen LogP contribution in [-0.4, -0.2) is 43.2 Å². The zero-order valence-electron chi connectivity index (χ0n) is 20.9. The predicted octanol–water partition coefficient (Wildman–Crippen LogP) is 6.61. The van der Waals surface area contributed by atoms with Crippen LogP contribution in [0, 0.1) is 11.7 Å². The average molecular weight is 504 g/mol. The number of nitrogens with zero attached hydrogens (tertiary/aromatic N) is 5. The number of hydrogen-bond donors (Lipinski definition) is 2. The van der Waals surface area contributed by atoms with Crippen LogP contribution in [0.5, 0.6) is 0 Å². The Morgan fingerprint density at radius 3 is 2.68 bits per heavy atom. The first-order valence-corrected chi connectivity index (χ1v) is 12.9. The number of aromatic amines is 2. The smallest absolute Gasteiger partial charge is 0.181 e. The standard InChI is InChI=1S/C30H26FN7/c1-18-7-10-38(11-8-18)23-13-20(12-22(31)15-23)24-5-2-6-26-27(24)35-30(34-26)28-25-14-21(17-33-29(25)37-36-28)19-4-3-9-32-16-19/h2-6,9,12-18H,7-8,10-11H2,1H3,(H,34,35)(H,33,36,37). The fourth-order valence-electron chi connectivity index (χ4n) is 5.33. The first-order chi connectivity index (χ1) is 18.6. The molecular formula is C30H26FN7. The van der Waals surface area contributed by atoms with Crippen LogP contribution < -0.4 is 4.90 Å². The molecule has 0 bridgehead atoms. The summed E-state index contributed by atoms with van der Waals surface area (Å²) >= 11 is 0. The first kappa shape index (κ1) is 22.6. The molecule has 8 heteroatoms. The Bertz CT molecular complexity index is 1760. The normalized spacial score (nSPS) is 14.5. The molecule has 1 saturated heterocycles. The second-order valence-electron chi connectivity index (χ2n) is 10.1. The number of rotatable bonds is 4. The molecule has 7 nitrogen and oxygen atoms in total. The van der Waals surface area contributed by atoms with Crippen molar-refractivity contribution in [3.05, 3.63) is 79.0 Å². The van der Waals surface area contributed by atoms with Crippen molar-refractivity contribution in [1.82, 2.24) is 30.1 Å². The van der Waals surface area contributed by atoms with Crippen LogP contribution in [0.3, 0.4) is 0 Å². The summed E-state index contributed by atoms with van der Waals surface area (Å²) in [6, 6.07) is 17.2. The summed E-state index contributed by atoms with van der Waals surface area (Å²) < 4.78 is 14.8. The molecule has 0 spiro atoms. The van der Waals surface area contributed by atoms with E-state index in [1.165, 1.54) is 0 Å². The highest BCUT2D eigenvalue weighted by molar-refractivity contribution is 5.97. The zero-order chi connectivity index (χ0) is 25.6. The summed E-state index contributed by atoms with van der Waals surface area (Å²) in [4.78, 5) is 19.4. The van der Waals surface area contributed by atoms with Crippen LogP contribution >= 0.6 is 0 Å². The van der Waals surface area contributed by atoms with Crippen LogP contribution in [0.4, 0.5) is 10.1 Å². The largest absolute Gasteiger partial charge is 0.371 e. The number of aromatic nitrogens is 6. The number of pyridine rings is 2. The molecule has 5 heterocycles. The van der Waals surface area contributed by atoms with E-state index in [1.807, 2.05) is 42.6 Å². The summed E-state index contributed by atoms with van der Waals surface area (Å²) in [5.74, 6) is 1.13. The van der Waals surface area contributed by atoms with E-state index in [2.05, 4.69) is 43.0 Å². The topological polar surface area (TPSA) is 86.4 Å². The van der Waals surface area contributed by atoms with Crippen molar-refractivity contribution in [1.29, 1.82) is 0 Å². The molecule has 38 heavy (non-hydrogen) atoms. The number of fused-ring (bicyclic) bond motifs is 2. The number of halogens is 1. The first-order valence-electron chi connectivity index (χ1n) is 12.9. The van der Waals surface area contributed by atoms with Gasteiger partial charge < -0.3 is 9.88 Å². The second-order valence-corrected chi connectivity index (χ2v) is 10.1. The van der Waals surface area contributed by atoms with E-state index in [1.54, 1.807) is 24.5 Å². The number of piperidine rings is 1. The van der Waals surface area contributed by atoms with Gasteiger partial charge in [-0.3, -0.25) is 10.1 Å². The van der Waals surface area contributed by atoms with Gasteiger partial charge in [0.25, 0.3) is 0 Å². The quantitative estimate of drug-likeness (QED) is 0.283. The van der Waals surface area contributed by atoms with E-state index in [0.717, 1.165) is 76.0 Å². The number of para-hydroxylation sites is 1. The third-order valence-corrected chi connectivity index (χ3v) is 7.50. The van der Waals surface area contributed by atoms with E-state index in [4.69, 9.17) is 4.98 Å². The van der Waals surface area contributed by atoms with E-state index in [-0.39, 0.29) is 5.82 Å². The van der Waals surface area contributed by atoms with Crippen molar-refractivity contribution < 1.29 is 4.39 Å². The Morgan fingerprint density at radius 2 is 1.84 bits per heavy atom. The van der Waals surface area contributed by atoms with E-state index >= 15 is 0 Å². The summed E-state index contributed by atoms with van der Waals surface area (Å²) in [7, 11) is 0. The highest BCUT2D eigenvalue weighted by Crippen LogP contribution is 2.35. The van der Waals surface area contributed by atoms with Crippen molar-refractivity contribution in [3.8, 4) is 33.8 Å². The Kier molecular flexibility index (Phi) is 5.39. The van der Waals surface area contributed by atoms with E-state index in [0.29, 0.717) is 17.4 Å². The number of nitrogens with one attached hydrogen (secondary N) is 2. The zero-order valence-corrected chi connectivity index (χ0v) is 20.9. The molecule has 0 aliphatic carbocycles. The SMILES string of the molecule is CC1CCN(c2cc(F)cc(-c3cccc4[nH]c(-c5[nH]nc6ncc(-c7cccnc7)cc56)nc34)c2)CC1. The van der Waals surface area contributed by atoms with Gasteiger partial charge in [0.1, 0.15) is 11.5 Å². The lowest BCUT2D eigenvalue weighted by Gasteiger charge is -2.32. The van der Waals surface area contributed by atoms with Crippen molar-refractivity contribution in [3.63, 3.8) is 0 Å². The van der Waals surface area contributed by atoms with Crippen molar-refractivity contribution in [2.45, 2.75) is 19.8 Å². The summed E-state index contributed by atoms with van der Waals surface area (Å²) in [5, 5.41) is 8.36. The van der Waals surface area contributed by atoms with Crippen molar-refractivity contribution >= 4 is 27.8 Å². The van der Waals surface area contributed by atoms with Crippen molar-refractivity contribution in [2.24, 2.45) is 5.92 Å². The fourth-order valence-corrected chi connectivity index (χ4v) is 5.33. The van der Waals surface area contributed by atoms with Gasteiger partial charge in [-0.2, -0.15) is 5.10 Å². The molecule has 0 unspecified atom stereocenters. The van der Waals surface area contributed by atoms with Gasteiger partial charge in [-0.05, 0) is 60.7 Å². The Hall–Kier alpha value is -4.59. The lowest BCUT2D eigenvalue weighted by molar-refractivity contribution is 0.438. The Morgan fingerprint density at radius 1 is 0.947 bits per heavy atom. The monoisotopic (exact) mass is 503 g/mol. The van der Waals surface area contributed by atoms with Gasteiger partial charge in [-0.25, -0.2) is 14.4 Å². The minimum atomic E-state index is -0.238. The maximum Gasteiger partial charge on any atom is 0.181 e. The lowest BCUT2D eigenvalue weighted by Crippen LogP contribution is -2.32. The van der Waals surface area contributed by atoms with Gasteiger partial charge in [0.2, 0.25) is 0 Å². The molecule has 188 valence electrons. The molecule has 0 radical (unpaired) electrons. The third-order valence-electron chi connectivity index (χ3n) is 7.50. The molecule has 1 fully saturated rings. The molecule has 1 aliphatic heterocycles. The molecule has 0 amide bonds. The summed E-state index contributed by atoms with van der Waals surface area (Å²) in [6.45, 7) is 4.18. The number of benzene rings is 2. The third kappa shape index (κ3) is 3.98. The van der Waals surface area contributed by atoms with Crippen LogP contribution in [0.25, 0.3) is 55.8 Å². The van der Waals surface area contributed by atoms with Crippen molar-refractivity contribution in [2.75, 3.05) is 18.0 Å². The molecule has 1 aliphatic rings. The maximum absolute atomic E-state index is 14.8. The van der Waals surface area contributed by atoms with Crippen LogP contribution in [0.15, 0.2) is 73.2 Å². The van der Waals surface area contributed by atoms with Crippen LogP contribution in [0.2, 0.25) is 0 Å². The number of hydrogen-bond acceptors (Lipinski definition) is 5. The minimum absolute atomic E-state index is 0.238. The maximum atomic E-state index is 14.8.